The number of fused-ring (bicyclic) bond motifs is 1. The lowest BCUT2D eigenvalue weighted by molar-refractivity contribution is 0.485. The lowest BCUT2D eigenvalue weighted by Crippen LogP contribution is -2.19. The van der Waals surface area contributed by atoms with Gasteiger partial charge < -0.3 is 4.74 Å². The van der Waals surface area contributed by atoms with Gasteiger partial charge in [0, 0.05) is 25.2 Å². The number of nitrogens with one attached hydrogen (secondary N) is 1. The van der Waals surface area contributed by atoms with Crippen molar-refractivity contribution in [1.82, 2.24) is 9.13 Å². The van der Waals surface area contributed by atoms with E-state index in [0.717, 1.165) is 0 Å². The van der Waals surface area contributed by atoms with Crippen molar-refractivity contribution in [3.8, 4) is 11.5 Å². The largest absolute Gasteiger partial charge is 0.455 e. The van der Waals surface area contributed by atoms with Crippen molar-refractivity contribution in [3.05, 3.63) is 82.2 Å². The van der Waals surface area contributed by atoms with Gasteiger partial charge in [0.15, 0.2) is 5.75 Å². The summed E-state index contributed by atoms with van der Waals surface area (Å²) in [4.78, 5) is 12.4. The first-order chi connectivity index (χ1) is 14.3. The monoisotopic (exact) mass is 443 g/mol. The van der Waals surface area contributed by atoms with Crippen LogP contribution < -0.4 is 15.1 Å². The predicted molar refractivity (Wildman–Crippen MR) is 117 cm³/mol. The van der Waals surface area contributed by atoms with Crippen LogP contribution in [0, 0.1) is 0 Å². The first kappa shape index (κ1) is 20.1. The summed E-state index contributed by atoms with van der Waals surface area (Å²) in [5, 5.41) is 0.433. The molecule has 1 heterocycles. The van der Waals surface area contributed by atoms with E-state index in [1.54, 1.807) is 38.4 Å². The Morgan fingerprint density at radius 1 is 0.900 bits per heavy atom. The smallest absolute Gasteiger partial charge is 0.328 e. The minimum absolute atomic E-state index is 0.0552. The molecule has 0 unspecified atom stereocenters. The van der Waals surface area contributed by atoms with Crippen molar-refractivity contribution in [3.63, 3.8) is 0 Å². The number of aromatic nitrogens is 2. The number of hydrogen-bond acceptors (Lipinski definition) is 4. The summed E-state index contributed by atoms with van der Waals surface area (Å²) in [6, 6.07) is 18.0. The first-order valence-corrected chi connectivity index (χ1v) is 10.8. The van der Waals surface area contributed by atoms with Crippen LogP contribution in [0.2, 0.25) is 5.02 Å². The Labute approximate surface area is 178 Å². The number of imidazole rings is 1. The van der Waals surface area contributed by atoms with Gasteiger partial charge >= 0.3 is 5.69 Å². The summed E-state index contributed by atoms with van der Waals surface area (Å²) in [5.41, 5.74) is 1.16. The minimum Gasteiger partial charge on any atom is -0.455 e. The molecule has 4 rings (SSSR count). The third-order valence-corrected chi connectivity index (χ3v) is 6.35. The van der Waals surface area contributed by atoms with Crippen LogP contribution >= 0.6 is 11.6 Å². The second kappa shape index (κ2) is 7.55. The first-order valence-electron chi connectivity index (χ1n) is 8.97. The normalized spacial score (nSPS) is 11.6. The van der Waals surface area contributed by atoms with E-state index in [0.29, 0.717) is 21.8 Å². The van der Waals surface area contributed by atoms with Crippen LogP contribution in [-0.4, -0.2) is 17.6 Å². The summed E-state index contributed by atoms with van der Waals surface area (Å²) >= 11 is 5.87. The topological polar surface area (TPSA) is 82.3 Å². The lowest BCUT2D eigenvalue weighted by Gasteiger charge is -2.14. The van der Waals surface area contributed by atoms with E-state index in [1.165, 1.54) is 33.4 Å². The number of rotatable bonds is 5. The van der Waals surface area contributed by atoms with Gasteiger partial charge in [-0.15, -0.1) is 0 Å². The second-order valence-electron chi connectivity index (χ2n) is 6.71. The molecule has 30 heavy (non-hydrogen) atoms. The molecule has 0 saturated carbocycles. The number of ether oxygens (including phenoxy) is 1. The Kier molecular flexibility index (Phi) is 5.05. The molecule has 0 atom stereocenters. The Balaban J connectivity index is 1.85. The fraction of sp³-hybridized carbons (Fsp3) is 0.0952. The number of sulfonamides is 1. The Bertz CT molecular complexity index is 1390. The molecule has 4 aromatic rings. The summed E-state index contributed by atoms with van der Waals surface area (Å²) in [6.45, 7) is 0. The molecule has 1 aromatic heterocycles. The standard InChI is InChI=1S/C21H18ClN3O4S/c1-24-18-12-17(23-30(27,28)16-10-8-14(22)9-11-16)20(13-19(18)25(2)21(24)26)29-15-6-4-3-5-7-15/h3-13,23H,1-2H3. The molecule has 0 amide bonds. The number of hydrogen-bond donors (Lipinski definition) is 1. The van der Waals surface area contributed by atoms with E-state index in [1.807, 2.05) is 18.2 Å². The van der Waals surface area contributed by atoms with Crippen LogP contribution in [0.4, 0.5) is 5.69 Å². The Hall–Kier alpha value is -3.23. The molecule has 154 valence electrons. The van der Waals surface area contributed by atoms with Gasteiger partial charge in [0.2, 0.25) is 0 Å². The van der Waals surface area contributed by atoms with Crippen molar-refractivity contribution in [1.29, 1.82) is 0 Å². The minimum atomic E-state index is -3.91. The van der Waals surface area contributed by atoms with Crippen LogP contribution in [0.25, 0.3) is 11.0 Å². The average Bonchev–Trinajstić information content (AvgIpc) is 2.93. The van der Waals surface area contributed by atoms with Gasteiger partial charge in [-0.3, -0.25) is 13.9 Å². The highest BCUT2D eigenvalue weighted by Crippen LogP contribution is 2.35. The van der Waals surface area contributed by atoms with Gasteiger partial charge in [0.25, 0.3) is 10.0 Å². The summed E-state index contributed by atoms with van der Waals surface area (Å²) in [7, 11) is -0.640. The van der Waals surface area contributed by atoms with E-state index in [-0.39, 0.29) is 22.0 Å². The van der Waals surface area contributed by atoms with Crippen LogP contribution in [-0.2, 0) is 24.1 Å². The third-order valence-electron chi connectivity index (χ3n) is 4.71. The number of anilines is 1. The maximum Gasteiger partial charge on any atom is 0.328 e. The average molecular weight is 444 g/mol. The van der Waals surface area contributed by atoms with E-state index in [9.17, 15) is 13.2 Å². The highest BCUT2D eigenvalue weighted by atomic mass is 35.5. The second-order valence-corrected chi connectivity index (χ2v) is 8.83. The van der Waals surface area contributed by atoms with Crippen molar-refractivity contribution in [2.24, 2.45) is 14.1 Å². The molecule has 0 radical (unpaired) electrons. The van der Waals surface area contributed by atoms with Crippen LogP contribution in [0.5, 0.6) is 11.5 Å². The quantitative estimate of drug-likeness (QED) is 0.503. The van der Waals surface area contributed by atoms with Gasteiger partial charge in [-0.1, -0.05) is 29.8 Å². The molecule has 0 aliphatic heterocycles. The van der Waals surface area contributed by atoms with Crippen LogP contribution in [0.3, 0.4) is 0 Å². The summed E-state index contributed by atoms with van der Waals surface area (Å²) in [6.07, 6.45) is 0. The summed E-state index contributed by atoms with van der Waals surface area (Å²) in [5.74, 6) is 0.803. The Morgan fingerprint density at radius 2 is 1.50 bits per heavy atom. The van der Waals surface area contributed by atoms with Gasteiger partial charge in [-0.2, -0.15) is 0 Å². The summed E-state index contributed by atoms with van der Waals surface area (Å²) < 4.78 is 37.3. The van der Waals surface area contributed by atoms with Gasteiger partial charge in [-0.25, -0.2) is 13.2 Å². The van der Waals surface area contributed by atoms with Gasteiger partial charge in [0.1, 0.15) is 5.75 Å². The van der Waals surface area contributed by atoms with Crippen molar-refractivity contribution in [2.75, 3.05) is 4.72 Å². The number of halogens is 1. The molecule has 0 fully saturated rings. The molecular weight excluding hydrogens is 426 g/mol. The van der Waals surface area contributed by atoms with Gasteiger partial charge in [-0.05, 0) is 42.5 Å². The maximum absolute atomic E-state index is 12.9. The number of benzene rings is 3. The number of para-hydroxylation sites is 1. The zero-order valence-electron chi connectivity index (χ0n) is 16.2. The molecule has 0 bridgehead atoms. The van der Waals surface area contributed by atoms with Crippen LogP contribution in [0.1, 0.15) is 0 Å². The zero-order chi connectivity index (χ0) is 21.5. The van der Waals surface area contributed by atoms with Crippen LogP contribution in [0.15, 0.2) is 76.4 Å². The molecule has 0 saturated heterocycles. The van der Waals surface area contributed by atoms with E-state index in [2.05, 4.69) is 4.72 Å². The molecule has 3 aromatic carbocycles. The zero-order valence-corrected chi connectivity index (χ0v) is 17.7. The molecule has 0 aliphatic carbocycles. The van der Waals surface area contributed by atoms with E-state index < -0.39 is 10.0 Å². The molecule has 0 spiro atoms. The van der Waals surface area contributed by atoms with Crippen molar-refractivity contribution < 1.29 is 13.2 Å². The number of aryl methyl sites for hydroxylation is 2. The molecule has 9 heteroatoms. The fourth-order valence-corrected chi connectivity index (χ4v) is 4.31. The van der Waals surface area contributed by atoms with Crippen molar-refractivity contribution in [2.45, 2.75) is 4.90 Å². The van der Waals surface area contributed by atoms with E-state index in [4.69, 9.17) is 16.3 Å². The van der Waals surface area contributed by atoms with Gasteiger partial charge in [0.05, 0.1) is 21.6 Å². The molecule has 0 aliphatic rings. The highest BCUT2D eigenvalue weighted by Gasteiger charge is 2.20. The fourth-order valence-electron chi connectivity index (χ4n) is 3.12. The SMILES string of the molecule is Cn1c(=O)n(C)c2cc(Oc3ccccc3)c(NS(=O)(=O)c3ccc(Cl)cc3)cc21. The Morgan fingerprint density at radius 3 is 2.13 bits per heavy atom. The van der Waals surface area contributed by atoms with E-state index >= 15 is 0 Å². The molecule has 1 N–H and O–H groups in total. The number of nitrogens with zero attached hydrogens (tertiary/aromatic N) is 2. The predicted octanol–water partition coefficient (Wildman–Crippen LogP) is 4.12. The third kappa shape index (κ3) is 3.67. The maximum atomic E-state index is 12.9. The highest BCUT2D eigenvalue weighted by molar-refractivity contribution is 7.92. The molecule has 7 nitrogen and oxygen atoms in total. The molecular formula is C21H18ClN3O4S. The lowest BCUT2D eigenvalue weighted by atomic mass is 10.2. The van der Waals surface area contributed by atoms with Crippen molar-refractivity contribution >= 4 is 38.3 Å².